The van der Waals surface area contributed by atoms with Gasteiger partial charge in [-0.2, -0.15) is 0 Å². The van der Waals surface area contributed by atoms with Crippen LogP contribution >= 0.6 is 12.2 Å². The molecule has 2 aromatic rings. The number of hydrogen-bond acceptors (Lipinski definition) is 4. The first-order valence-electron chi connectivity index (χ1n) is 8.61. The molecule has 5 nitrogen and oxygen atoms in total. The Balaban J connectivity index is 1.65. The van der Waals surface area contributed by atoms with Crippen molar-refractivity contribution >= 4 is 34.6 Å². The zero-order valence-corrected chi connectivity index (χ0v) is 15.8. The smallest absolute Gasteiger partial charge is 0.253 e. The zero-order chi connectivity index (χ0) is 19.6. The lowest BCUT2D eigenvalue weighted by molar-refractivity contribution is 0.0746. The highest BCUT2D eigenvalue weighted by molar-refractivity contribution is 7.80. The van der Waals surface area contributed by atoms with Crippen molar-refractivity contribution in [3.63, 3.8) is 0 Å². The molecule has 3 rings (SSSR count). The molecule has 1 amide bonds. The van der Waals surface area contributed by atoms with E-state index in [-0.39, 0.29) is 11.7 Å². The highest BCUT2D eigenvalue weighted by Gasteiger charge is 2.24. The van der Waals surface area contributed by atoms with E-state index >= 15 is 0 Å². The Morgan fingerprint density at radius 3 is 2.04 bits per heavy atom. The van der Waals surface area contributed by atoms with E-state index in [9.17, 15) is 14.0 Å². The van der Waals surface area contributed by atoms with Crippen LogP contribution in [-0.2, 0) is 0 Å². The zero-order valence-electron chi connectivity index (χ0n) is 14.9. The number of rotatable bonds is 4. The molecule has 0 radical (unpaired) electrons. The van der Waals surface area contributed by atoms with Crippen LogP contribution in [0, 0.1) is 5.82 Å². The van der Waals surface area contributed by atoms with Crippen LogP contribution in [0.2, 0.25) is 0 Å². The summed E-state index contributed by atoms with van der Waals surface area (Å²) in [5, 5.41) is 0. The first-order chi connectivity index (χ1) is 12.9. The lowest BCUT2D eigenvalue weighted by Gasteiger charge is -2.36. The standard InChI is InChI=1S/C20H20FN3O2S/c1-13(25)16-6-7-18(17(21)12-16)23-8-10-24(11-9-23)20(26)15-4-2-14(3-5-15)19(22)27/h2-7,12H,8-11H2,1H3,(H2,22,27). The predicted molar refractivity (Wildman–Crippen MR) is 107 cm³/mol. The molecule has 0 saturated carbocycles. The van der Waals surface area contributed by atoms with E-state index in [1.54, 1.807) is 41.3 Å². The molecule has 1 aliphatic heterocycles. The molecule has 2 aromatic carbocycles. The molecule has 1 aliphatic rings. The summed E-state index contributed by atoms with van der Waals surface area (Å²) in [5.41, 5.74) is 7.66. The maximum atomic E-state index is 14.3. The van der Waals surface area contributed by atoms with Gasteiger partial charge in [0.15, 0.2) is 5.78 Å². The molecule has 0 atom stereocenters. The SMILES string of the molecule is CC(=O)c1ccc(N2CCN(C(=O)c3ccc(C(N)=S)cc3)CC2)c(F)c1. The Kier molecular flexibility index (Phi) is 5.51. The summed E-state index contributed by atoms with van der Waals surface area (Å²) in [6, 6.07) is 11.4. The van der Waals surface area contributed by atoms with Gasteiger partial charge in [0.2, 0.25) is 0 Å². The molecule has 1 fully saturated rings. The number of nitrogens with two attached hydrogens (primary N) is 1. The van der Waals surface area contributed by atoms with Crippen LogP contribution in [0.25, 0.3) is 0 Å². The Hall–Kier alpha value is -2.80. The quantitative estimate of drug-likeness (QED) is 0.647. The van der Waals surface area contributed by atoms with Crippen molar-refractivity contribution in [2.75, 3.05) is 31.1 Å². The molecule has 2 N–H and O–H groups in total. The number of carbonyl (C=O) groups excluding carboxylic acids is 2. The van der Waals surface area contributed by atoms with Crippen molar-refractivity contribution in [1.82, 2.24) is 4.90 Å². The molecule has 1 heterocycles. The Bertz CT molecular complexity index is 891. The average molecular weight is 385 g/mol. The third-order valence-corrected chi connectivity index (χ3v) is 4.91. The second-order valence-electron chi connectivity index (χ2n) is 6.44. The van der Waals surface area contributed by atoms with Crippen molar-refractivity contribution in [2.24, 2.45) is 5.73 Å². The van der Waals surface area contributed by atoms with Gasteiger partial charge >= 0.3 is 0 Å². The monoisotopic (exact) mass is 385 g/mol. The molecule has 7 heteroatoms. The van der Waals surface area contributed by atoms with Gasteiger partial charge in [-0.3, -0.25) is 9.59 Å². The van der Waals surface area contributed by atoms with Crippen LogP contribution in [0.15, 0.2) is 42.5 Å². The molecular weight excluding hydrogens is 365 g/mol. The van der Waals surface area contributed by atoms with Crippen LogP contribution in [0.5, 0.6) is 0 Å². The second-order valence-corrected chi connectivity index (χ2v) is 6.88. The maximum absolute atomic E-state index is 14.3. The number of nitrogens with zero attached hydrogens (tertiary/aromatic N) is 2. The maximum Gasteiger partial charge on any atom is 0.253 e. The number of piperazine rings is 1. The van der Waals surface area contributed by atoms with Gasteiger partial charge in [0.1, 0.15) is 10.8 Å². The number of ketones is 1. The fourth-order valence-corrected chi connectivity index (χ4v) is 3.23. The summed E-state index contributed by atoms with van der Waals surface area (Å²) in [6.07, 6.45) is 0. The summed E-state index contributed by atoms with van der Waals surface area (Å²) >= 11 is 4.92. The molecule has 0 unspecified atom stereocenters. The Morgan fingerprint density at radius 2 is 1.52 bits per heavy atom. The summed E-state index contributed by atoms with van der Waals surface area (Å²) < 4.78 is 14.3. The largest absolute Gasteiger partial charge is 0.389 e. The van der Waals surface area contributed by atoms with Crippen molar-refractivity contribution < 1.29 is 14.0 Å². The topological polar surface area (TPSA) is 66.6 Å². The van der Waals surface area contributed by atoms with Crippen molar-refractivity contribution in [1.29, 1.82) is 0 Å². The third kappa shape index (κ3) is 4.14. The van der Waals surface area contributed by atoms with Gasteiger partial charge in [-0.05, 0) is 37.3 Å². The van der Waals surface area contributed by atoms with E-state index in [0.29, 0.717) is 48.0 Å². The fourth-order valence-electron chi connectivity index (χ4n) is 3.09. The highest BCUT2D eigenvalue weighted by atomic mass is 32.1. The number of anilines is 1. The first kappa shape index (κ1) is 19.0. The number of Topliss-reactive ketones (excluding diaryl/α,β-unsaturated/α-hetero) is 1. The van der Waals surface area contributed by atoms with Gasteiger partial charge in [0.05, 0.1) is 5.69 Å². The first-order valence-corrected chi connectivity index (χ1v) is 9.02. The van der Waals surface area contributed by atoms with Gasteiger partial charge in [0, 0.05) is 42.9 Å². The van der Waals surface area contributed by atoms with Crippen molar-refractivity contribution in [2.45, 2.75) is 6.92 Å². The highest BCUT2D eigenvalue weighted by Crippen LogP contribution is 2.23. The summed E-state index contributed by atoms with van der Waals surface area (Å²) in [4.78, 5) is 27.9. The van der Waals surface area contributed by atoms with Crippen molar-refractivity contribution in [3.8, 4) is 0 Å². The average Bonchev–Trinajstić information content (AvgIpc) is 2.67. The van der Waals surface area contributed by atoms with Crippen LogP contribution in [0.4, 0.5) is 10.1 Å². The van der Waals surface area contributed by atoms with Gasteiger partial charge in [-0.15, -0.1) is 0 Å². The minimum absolute atomic E-state index is 0.0726. The van der Waals surface area contributed by atoms with E-state index in [2.05, 4.69) is 0 Å². The van der Waals surface area contributed by atoms with Gasteiger partial charge in [-0.1, -0.05) is 24.4 Å². The van der Waals surface area contributed by atoms with Gasteiger partial charge in [0.25, 0.3) is 5.91 Å². The van der Waals surface area contributed by atoms with E-state index in [4.69, 9.17) is 18.0 Å². The van der Waals surface area contributed by atoms with Gasteiger partial charge < -0.3 is 15.5 Å². The number of hydrogen-bond donors (Lipinski definition) is 1. The van der Waals surface area contributed by atoms with E-state index in [1.807, 2.05) is 4.90 Å². The van der Waals surface area contributed by atoms with E-state index in [1.165, 1.54) is 13.0 Å². The number of carbonyl (C=O) groups is 2. The molecule has 0 bridgehead atoms. The molecule has 140 valence electrons. The van der Waals surface area contributed by atoms with Crippen LogP contribution in [-0.4, -0.2) is 47.8 Å². The third-order valence-electron chi connectivity index (χ3n) is 4.68. The Labute approximate surface area is 162 Å². The number of thiocarbonyl (C=S) groups is 1. The summed E-state index contributed by atoms with van der Waals surface area (Å²) in [5.74, 6) is -0.662. The lowest BCUT2D eigenvalue weighted by Crippen LogP contribution is -2.49. The minimum Gasteiger partial charge on any atom is -0.389 e. The molecular formula is C20H20FN3O2S. The second kappa shape index (κ2) is 7.84. The predicted octanol–water partition coefficient (Wildman–Crippen LogP) is 2.62. The summed E-state index contributed by atoms with van der Waals surface area (Å²) in [7, 11) is 0. The van der Waals surface area contributed by atoms with Gasteiger partial charge in [-0.25, -0.2) is 4.39 Å². The molecule has 0 aliphatic carbocycles. The molecule has 0 spiro atoms. The molecule has 27 heavy (non-hydrogen) atoms. The van der Waals surface area contributed by atoms with Crippen LogP contribution in [0.1, 0.15) is 33.2 Å². The van der Waals surface area contributed by atoms with E-state index in [0.717, 1.165) is 5.56 Å². The number of benzene rings is 2. The fraction of sp³-hybridized carbons (Fsp3) is 0.250. The Morgan fingerprint density at radius 1 is 0.963 bits per heavy atom. The van der Waals surface area contributed by atoms with Crippen LogP contribution < -0.4 is 10.6 Å². The lowest BCUT2D eigenvalue weighted by atomic mass is 10.1. The normalized spacial score (nSPS) is 14.1. The van der Waals surface area contributed by atoms with Crippen LogP contribution in [0.3, 0.4) is 0 Å². The number of halogens is 1. The molecule has 0 aromatic heterocycles. The van der Waals surface area contributed by atoms with Crippen molar-refractivity contribution in [3.05, 3.63) is 65.0 Å². The summed E-state index contributed by atoms with van der Waals surface area (Å²) in [6.45, 7) is 3.43. The minimum atomic E-state index is -0.421. The molecule has 1 saturated heterocycles. The van der Waals surface area contributed by atoms with E-state index < -0.39 is 5.82 Å². The number of amides is 1.